The van der Waals surface area contributed by atoms with Crippen molar-refractivity contribution in [2.24, 2.45) is 0 Å². The van der Waals surface area contributed by atoms with E-state index in [1.54, 1.807) is 41.4 Å². The molecule has 0 atom stereocenters. The molecule has 0 saturated heterocycles. The number of rotatable bonds is 5. The molecule has 0 saturated carbocycles. The minimum Gasteiger partial charge on any atom is -0.478 e. The van der Waals surface area contributed by atoms with E-state index in [4.69, 9.17) is 10.2 Å². The number of pyridine rings is 1. The zero-order valence-corrected chi connectivity index (χ0v) is 14.3. The maximum absolute atomic E-state index is 11.0. The van der Waals surface area contributed by atoms with Crippen LogP contribution in [-0.4, -0.2) is 47.1 Å². The smallest absolute Gasteiger partial charge is 0.337 e. The number of carbonyl (C=O) groups excluding carboxylic acids is 1. The van der Waals surface area contributed by atoms with Crippen molar-refractivity contribution in [3.8, 4) is 0 Å². The Morgan fingerprint density at radius 1 is 1.04 bits per heavy atom. The van der Waals surface area contributed by atoms with E-state index < -0.39 is 17.8 Å². The monoisotopic (exact) mass is 357 g/mol. The summed E-state index contributed by atoms with van der Waals surface area (Å²) in [5, 5.41) is 19.5. The van der Waals surface area contributed by atoms with E-state index in [0.717, 1.165) is 17.8 Å². The van der Waals surface area contributed by atoms with Crippen LogP contribution in [0.4, 0.5) is 11.4 Å². The van der Waals surface area contributed by atoms with Crippen LogP contribution in [0.5, 0.6) is 0 Å². The lowest BCUT2D eigenvalue weighted by atomic mass is 10.2. The molecular weight excluding hydrogens is 338 g/mol. The molecule has 8 heteroatoms. The minimum absolute atomic E-state index is 0.336. The second-order valence-electron chi connectivity index (χ2n) is 5.12. The van der Waals surface area contributed by atoms with Crippen molar-refractivity contribution in [2.45, 2.75) is 0 Å². The molecule has 2 aromatic rings. The fourth-order valence-electron chi connectivity index (χ4n) is 1.81. The van der Waals surface area contributed by atoms with Crippen LogP contribution in [0.25, 0.3) is 0 Å². The van der Waals surface area contributed by atoms with Crippen LogP contribution in [0, 0.1) is 0 Å². The number of nitrogens with one attached hydrogen (secondary N) is 1. The second-order valence-corrected chi connectivity index (χ2v) is 5.12. The Bertz CT molecular complexity index is 788. The van der Waals surface area contributed by atoms with Gasteiger partial charge in [-0.3, -0.25) is 9.78 Å². The topological polar surface area (TPSA) is 120 Å². The van der Waals surface area contributed by atoms with Crippen LogP contribution in [0.2, 0.25) is 0 Å². The molecule has 0 aliphatic rings. The Kier molecular flexibility index (Phi) is 8.02. The molecule has 1 amide bonds. The first-order chi connectivity index (χ1) is 12.3. The van der Waals surface area contributed by atoms with Gasteiger partial charge in [0.15, 0.2) is 0 Å². The molecule has 0 radical (unpaired) electrons. The Morgan fingerprint density at radius 2 is 1.73 bits per heavy atom. The molecule has 1 aromatic carbocycles. The molecule has 0 unspecified atom stereocenters. The molecule has 0 bridgehead atoms. The lowest BCUT2D eigenvalue weighted by Gasteiger charge is -2.14. The third-order valence-electron chi connectivity index (χ3n) is 2.92. The average Bonchev–Trinajstić information content (AvgIpc) is 2.61. The molecule has 2 rings (SSSR count). The number of para-hydroxylation sites is 1. The van der Waals surface area contributed by atoms with Crippen molar-refractivity contribution in [3.05, 3.63) is 66.5 Å². The van der Waals surface area contributed by atoms with Gasteiger partial charge in [0.05, 0.1) is 23.1 Å². The van der Waals surface area contributed by atoms with Crippen molar-refractivity contribution >= 4 is 29.2 Å². The van der Waals surface area contributed by atoms with Crippen molar-refractivity contribution in [2.75, 3.05) is 24.3 Å². The highest BCUT2D eigenvalue weighted by Gasteiger charge is 2.09. The van der Waals surface area contributed by atoms with Crippen LogP contribution in [0.1, 0.15) is 10.4 Å². The first-order valence-electron chi connectivity index (χ1n) is 7.43. The summed E-state index contributed by atoms with van der Waals surface area (Å²) < 4.78 is 0. The lowest BCUT2D eigenvalue weighted by molar-refractivity contribution is -0.131. The lowest BCUT2D eigenvalue weighted by Crippen LogP contribution is -2.13. The summed E-state index contributed by atoms with van der Waals surface area (Å²) in [4.78, 5) is 37.4. The van der Waals surface area contributed by atoms with Crippen LogP contribution < -0.4 is 10.2 Å². The van der Waals surface area contributed by atoms with Crippen LogP contribution in [0.3, 0.4) is 0 Å². The fourth-order valence-corrected chi connectivity index (χ4v) is 1.81. The van der Waals surface area contributed by atoms with Gasteiger partial charge in [0, 0.05) is 32.4 Å². The van der Waals surface area contributed by atoms with E-state index in [9.17, 15) is 14.4 Å². The van der Waals surface area contributed by atoms with E-state index in [2.05, 4.69) is 10.3 Å². The van der Waals surface area contributed by atoms with Gasteiger partial charge >= 0.3 is 11.9 Å². The van der Waals surface area contributed by atoms with Gasteiger partial charge in [-0.1, -0.05) is 12.1 Å². The summed E-state index contributed by atoms with van der Waals surface area (Å²) in [6.07, 6.45) is 4.75. The Morgan fingerprint density at radius 3 is 2.23 bits per heavy atom. The van der Waals surface area contributed by atoms with Gasteiger partial charge in [0.2, 0.25) is 5.91 Å². The minimum atomic E-state index is -1.16. The summed E-state index contributed by atoms with van der Waals surface area (Å²) in [5.74, 6) is -2.55. The van der Waals surface area contributed by atoms with Gasteiger partial charge in [-0.15, -0.1) is 0 Å². The first-order valence-corrected chi connectivity index (χ1v) is 7.43. The average molecular weight is 357 g/mol. The molecule has 1 heterocycles. The molecule has 0 aliphatic heterocycles. The molecule has 3 N–H and O–H groups in total. The van der Waals surface area contributed by atoms with Gasteiger partial charge in [-0.2, -0.15) is 0 Å². The molecule has 26 heavy (non-hydrogen) atoms. The second kappa shape index (κ2) is 10.2. The number of anilines is 2. The van der Waals surface area contributed by atoms with E-state index in [-0.39, 0.29) is 0 Å². The zero-order valence-electron chi connectivity index (χ0n) is 14.3. The summed E-state index contributed by atoms with van der Waals surface area (Å²) in [7, 11) is 3.64. The number of aliphatic carboxylic acids is 1. The normalized spacial score (nSPS) is 9.77. The number of carbonyl (C=O) groups is 3. The van der Waals surface area contributed by atoms with Crippen molar-refractivity contribution < 1.29 is 24.6 Å². The van der Waals surface area contributed by atoms with Crippen molar-refractivity contribution in [3.63, 3.8) is 0 Å². The molecule has 0 fully saturated rings. The predicted molar refractivity (Wildman–Crippen MR) is 97.4 cm³/mol. The SMILES string of the molecule is CN(C)c1ccccc1C(=O)O.O=C(O)C=CC(=O)Nc1cccnc1. The molecule has 0 spiro atoms. The van der Waals surface area contributed by atoms with E-state index >= 15 is 0 Å². The number of benzene rings is 1. The standard InChI is InChI=1S/C9H8N2O3.C9H11NO2/c12-8(3-4-9(13)14)11-7-2-1-5-10-6-7;1-10(2)8-6-4-3-5-7(8)9(11)12/h1-6H,(H,11,12)(H,13,14);3-6H,1-2H3,(H,11,12). The summed E-state index contributed by atoms with van der Waals surface area (Å²) >= 11 is 0. The van der Waals surface area contributed by atoms with Crippen molar-refractivity contribution in [1.29, 1.82) is 0 Å². The molecule has 136 valence electrons. The molecule has 1 aromatic heterocycles. The Hall–Kier alpha value is -3.68. The van der Waals surface area contributed by atoms with E-state index in [1.165, 1.54) is 6.20 Å². The Balaban J connectivity index is 0.000000263. The van der Waals surface area contributed by atoms with Crippen LogP contribution >= 0.6 is 0 Å². The fraction of sp³-hybridized carbons (Fsp3) is 0.111. The van der Waals surface area contributed by atoms with E-state index in [1.807, 2.05) is 20.2 Å². The maximum atomic E-state index is 11.0. The third kappa shape index (κ3) is 7.26. The van der Waals surface area contributed by atoms with E-state index in [0.29, 0.717) is 11.3 Å². The van der Waals surface area contributed by atoms with Gasteiger partial charge in [0.25, 0.3) is 0 Å². The van der Waals surface area contributed by atoms with Crippen LogP contribution in [-0.2, 0) is 9.59 Å². The number of nitrogens with zero attached hydrogens (tertiary/aromatic N) is 2. The van der Waals surface area contributed by atoms with Crippen LogP contribution in [0.15, 0.2) is 60.9 Å². The molecule has 8 nitrogen and oxygen atoms in total. The molecule has 0 aliphatic carbocycles. The first kappa shape index (κ1) is 20.4. The number of hydrogen-bond donors (Lipinski definition) is 3. The van der Waals surface area contributed by atoms with Gasteiger partial charge < -0.3 is 20.4 Å². The zero-order chi connectivity index (χ0) is 19.5. The highest BCUT2D eigenvalue weighted by Crippen LogP contribution is 2.17. The maximum Gasteiger partial charge on any atom is 0.337 e. The highest BCUT2D eigenvalue weighted by atomic mass is 16.4. The highest BCUT2D eigenvalue weighted by molar-refractivity contribution is 6.02. The number of aromatic carboxylic acids is 1. The van der Waals surface area contributed by atoms with Gasteiger partial charge in [0.1, 0.15) is 0 Å². The van der Waals surface area contributed by atoms with Gasteiger partial charge in [-0.25, -0.2) is 9.59 Å². The number of hydrogen-bond acceptors (Lipinski definition) is 5. The molecular formula is C18H19N3O5. The number of aromatic nitrogens is 1. The number of amides is 1. The number of carboxylic acid groups (broad SMARTS) is 2. The Labute approximate surface area is 150 Å². The third-order valence-corrected chi connectivity index (χ3v) is 2.92. The summed E-state index contributed by atoms with van der Waals surface area (Å²) in [5.41, 5.74) is 1.58. The summed E-state index contributed by atoms with van der Waals surface area (Å²) in [6.45, 7) is 0. The summed E-state index contributed by atoms with van der Waals surface area (Å²) in [6, 6.07) is 10.2. The van der Waals surface area contributed by atoms with Crippen molar-refractivity contribution in [1.82, 2.24) is 4.98 Å². The predicted octanol–water partition coefficient (Wildman–Crippen LogP) is 2.11. The van der Waals surface area contributed by atoms with Gasteiger partial charge in [-0.05, 0) is 24.3 Å². The quantitative estimate of drug-likeness (QED) is 0.701. The number of carboxylic acids is 2. The largest absolute Gasteiger partial charge is 0.478 e.